The van der Waals surface area contributed by atoms with Gasteiger partial charge in [0.1, 0.15) is 0 Å². The standard InChI is InChI=1S/C19H23N3O2/c1-13(2)18-15(4)21(10-6-9-20)12-14(3)19(18)16-7-5-8-17(11-16)22(23)24/h5,7-8,11-13,19H,6,10H2,1-4H3. The second-order valence-corrected chi connectivity index (χ2v) is 6.46. The highest BCUT2D eigenvalue weighted by molar-refractivity contribution is 5.47. The first-order valence-corrected chi connectivity index (χ1v) is 8.13. The summed E-state index contributed by atoms with van der Waals surface area (Å²) in [5.41, 5.74) is 4.60. The molecule has 0 saturated heterocycles. The highest BCUT2D eigenvalue weighted by Gasteiger charge is 2.29. The van der Waals surface area contributed by atoms with E-state index < -0.39 is 0 Å². The molecule has 0 saturated carbocycles. The van der Waals surface area contributed by atoms with Crippen LogP contribution in [0.25, 0.3) is 0 Å². The summed E-state index contributed by atoms with van der Waals surface area (Å²) in [5.74, 6) is 0.353. The van der Waals surface area contributed by atoms with Gasteiger partial charge in [-0.2, -0.15) is 5.26 Å². The van der Waals surface area contributed by atoms with E-state index in [1.807, 2.05) is 6.07 Å². The molecule has 0 spiro atoms. The number of nitro groups is 1. The van der Waals surface area contributed by atoms with Crippen LogP contribution in [0.15, 0.2) is 47.3 Å². The number of allylic oxidation sites excluding steroid dienone is 3. The van der Waals surface area contributed by atoms with Gasteiger partial charge < -0.3 is 4.90 Å². The Morgan fingerprint density at radius 3 is 2.67 bits per heavy atom. The number of hydrogen-bond acceptors (Lipinski definition) is 4. The maximum atomic E-state index is 11.1. The van der Waals surface area contributed by atoms with E-state index in [1.165, 1.54) is 11.6 Å². The van der Waals surface area contributed by atoms with Gasteiger partial charge in [0.15, 0.2) is 0 Å². The normalized spacial score (nSPS) is 17.8. The van der Waals surface area contributed by atoms with Gasteiger partial charge in [0.25, 0.3) is 5.69 Å². The summed E-state index contributed by atoms with van der Waals surface area (Å²) in [6, 6.07) is 9.08. The molecule has 1 unspecified atom stereocenters. The highest BCUT2D eigenvalue weighted by Crippen LogP contribution is 2.42. The van der Waals surface area contributed by atoms with Crippen molar-refractivity contribution < 1.29 is 4.92 Å². The Morgan fingerprint density at radius 1 is 1.38 bits per heavy atom. The summed E-state index contributed by atoms with van der Waals surface area (Å²) >= 11 is 0. The molecule has 0 aromatic heterocycles. The van der Waals surface area contributed by atoms with Gasteiger partial charge in [0.05, 0.1) is 17.4 Å². The van der Waals surface area contributed by atoms with Crippen LogP contribution in [-0.4, -0.2) is 16.4 Å². The Bertz CT molecular complexity index is 741. The van der Waals surface area contributed by atoms with Gasteiger partial charge >= 0.3 is 0 Å². The molecule has 0 radical (unpaired) electrons. The number of non-ortho nitro benzene ring substituents is 1. The predicted octanol–water partition coefficient (Wildman–Crippen LogP) is 4.74. The van der Waals surface area contributed by atoms with E-state index in [0.29, 0.717) is 18.9 Å². The third kappa shape index (κ3) is 3.48. The molecule has 1 aromatic carbocycles. The van der Waals surface area contributed by atoms with E-state index in [2.05, 4.69) is 44.9 Å². The zero-order valence-electron chi connectivity index (χ0n) is 14.6. The largest absolute Gasteiger partial charge is 0.351 e. The lowest BCUT2D eigenvalue weighted by Crippen LogP contribution is -2.27. The van der Waals surface area contributed by atoms with Crippen molar-refractivity contribution in [2.24, 2.45) is 5.92 Å². The molecule has 0 amide bonds. The summed E-state index contributed by atoms with van der Waals surface area (Å²) in [4.78, 5) is 12.9. The van der Waals surface area contributed by atoms with Crippen molar-refractivity contribution in [2.45, 2.75) is 40.0 Å². The van der Waals surface area contributed by atoms with E-state index in [0.717, 1.165) is 16.8 Å². The third-order valence-electron chi connectivity index (χ3n) is 4.48. The van der Waals surface area contributed by atoms with Crippen LogP contribution >= 0.6 is 0 Å². The second-order valence-electron chi connectivity index (χ2n) is 6.46. The Labute approximate surface area is 143 Å². The van der Waals surface area contributed by atoms with Gasteiger partial charge in [-0.25, -0.2) is 0 Å². The fourth-order valence-corrected chi connectivity index (χ4v) is 3.45. The van der Waals surface area contributed by atoms with E-state index in [9.17, 15) is 10.1 Å². The first-order valence-electron chi connectivity index (χ1n) is 8.13. The first kappa shape index (κ1) is 17.7. The molecule has 0 fully saturated rings. The average Bonchev–Trinajstić information content (AvgIpc) is 2.54. The molecule has 2 rings (SSSR count). The Kier molecular flexibility index (Phi) is 5.40. The Balaban J connectivity index is 2.51. The topological polar surface area (TPSA) is 70.2 Å². The summed E-state index contributed by atoms with van der Waals surface area (Å²) in [7, 11) is 0. The van der Waals surface area contributed by atoms with Crippen molar-refractivity contribution in [3.8, 4) is 6.07 Å². The molecule has 5 nitrogen and oxygen atoms in total. The molecule has 1 atom stereocenters. The van der Waals surface area contributed by atoms with Crippen LogP contribution in [0.5, 0.6) is 0 Å². The van der Waals surface area contributed by atoms with Gasteiger partial charge in [-0.3, -0.25) is 10.1 Å². The van der Waals surface area contributed by atoms with E-state index >= 15 is 0 Å². The van der Waals surface area contributed by atoms with Gasteiger partial charge in [0.2, 0.25) is 0 Å². The molecular weight excluding hydrogens is 302 g/mol. The number of nitro benzene ring substituents is 1. The highest BCUT2D eigenvalue weighted by atomic mass is 16.6. The zero-order chi connectivity index (χ0) is 17.9. The molecule has 24 heavy (non-hydrogen) atoms. The van der Waals surface area contributed by atoms with Crippen LogP contribution < -0.4 is 0 Å². The van der Waals surface area contributed by atoms with Crippen molar-refractivity contribution in [1.82, 2.24) is 4.90 Å². The lowest BCUT2D eigenvalue weighted by atomic mass is 9.77. The predicted molar refractivity (Wildman–Crippen MR) is 94.1 cm³/mol. The minimum atomic E-state index is -0.351. The number of nitrogens with zero attached hydrogens (tertiary/aromatic N) is 3. The van der Waals surface area contributed by atoms with Crippen LogP contribution in [-0.2, 0) is 0 Å². The molecule has 1 aromatic rings. The first-order chi connectivity index (χ1) is 11.4. The maximum absolute atomic E-state index is 11.1. The van der Waals surface area contributed by atoms with Crippen molar-refractivity contribution in [3.63, 3.8) is 0 Å². The summed E-state index contributed by atoms with van der Waals surface area (Å²) in [6.07, 6.45) is 2.54. The third-order valence-corrected chi connectivity index (χ3v) is 4.48. The van der Waals surface area contributed by atoms with Gasteiger partial charge in [-0.1, -0.05) is 26.0 Å². The minimum Gasteiger partial charge on any atom is -0.351 e. The lowest BCUT2D eigenvalue weighted by molar-refractivity contribution is -0.384. The van der Waals surface area contributed by atoms with Crippen molar-refractivity contribution >= 4 is 5.69 Å². The van der Waals surface area contributed by atoms with Gasteiger partial charge in [-0.05, 0) is 36.5 Å². The number of hydrogen-bond donors (Lipinski definition) is 0. The smallest absolute Gasteiger partial charge is 0.269 e. The van der Waals surface area contributed by atoms with E-state index in [4.69, 9.17) is 5.26 Å². The van der Waals surface area contributed by atoms with Crippen molar-refractivity contribution in [2.75, 3.05) is 6.54 Å². The second kappa shape index (κ2) is 7.31. The monoisotopic (exact) mass is 325 g/mol. The van der Waals surface area contributed by atoms with Gasteiger partial charge in [0, 0.05) is 36.5 Å². The number of rotatable bonds is 5. The molecule has 1 aliphatic heterocycles. The lowest BCUT2D eigenvalue weighted by Gasteiger charge is -2.36. The van der Waals surface area contributed by atoms with Crippen molar-refractivity contribution in [3.05, 3.63) is 63.0 Å². The Hall–Kier alpha value is -2.61. The summed E-state index contributed by atoms with van der Waals surface area (Å²) in [6.45, 7) is 9.07. The summed E-state index contributed by atoms with van der Waals surface area (Å²) in [5, 5.41) is 20.0. The molecular formula is C19H23N3O2. The molecule has 5 heteroatoms. The van der Waals surface area contributed by atoms with Crippen LogP contribution in [0.1, 0.15) is 45.6 Å². The SMILES string of the molecule is CC1=CN(CCC#N)C(C)=C(C(C)C)C1c1cccc([N+](=O)[O-])c1. The van der Waals surface area contributed by atoms with Crippen molar-refractivity contribution in [1.29, 1.82) is 5.26 Å². The zero-order valence-corrected chi connectivity index (χ0v) is 14.6. The molecule has 0 N–H and O–H groups in total. The molecule has 1 aliphatic rings. The van der Waals surface area contributed by atoms with E-state index in [1.54, 1.807) is 12.1 Å². The average molecular weight is 325 g/mol. The molecule has 1 heterocycles. The molecule has 0 aliphatic carbocycles. The van der Waals surface area contributed by atoms with Gasteiger partial charge in [-0.15, -0.1) is 0 Å². The molecule has 126 valence electrons. The number of nitriles is 1. The van der Waals surface area contributed by atoms with Crippen LogP contribution in [0.3, 0.4) is 0 Å². The fourth-order valence-electron chi connectivity index (χ4n) is 3.45. The molecule has 0 bridgehead atoms. The Morgan fingerprint density at radius 2 is 2.08 bits per heavy atom. The quantitative estimate of drug-likeness (QED) is 0.579. The van der Waals surface area contributed by atoms with Crippen LogP contribution in [0.4, 0.5) is 5.69 Å². The van der Waals surface area contributed by atoms with Crippen LogP contribution in [0.2, 0.25) is 0 Å². The minimum absolute atomic E-state index is 0.0447. The number of benzene rings is 1. The fraction of sp³-hybridized carbons (Fsp3) is 0.421. The van der Waals surface area contributed by atoms with E-state index in [-0.39, 0.29) is 16.5 Å². The summed E-state index contributed by atoms with van der Waals surface area (Å²) < 4.78 is 0. The maximum Gasteiger partial charge on any atom is 0.269 e. The van der Waals surface area contributed by atoms with Crippen LogP contribution in [0, 0.1) is 27.4 Å².